The Hall–Kier alpha value is -3.64. The molecule has 1 heterocycles. The lowest BCUT2D eigenvalue weighted by atomic mass is 10.1. The molecule has 0 aliphatic carbocycles. The molecule has 0 atom stereocenters. The summed E-state index contributed by atoms with van der Waals surface area (Å²) in [6.07, 6.45) is 0.337. The van der Waals surface area contributed by atoms with Gasteiger partial charge in [0.2, 0.25) is 5.91 Å². The summed E-state index contributed by atoms with van der Waals surface area (Å²) in [6.45, 7) is 2.83. The number of ether oxygens (including phenoxy) is 2. The smallest absolute Gasteiger partial charge is 0.265 e. The van der Waals surface area contributed by atoms with E-state index in [-0.39, 0.29) is 18.4 Å². The molecular weight excluding hydrogens is 416 g/mol. The Morgan fingerprint density at radius 2 is 1.45 bits per heavy atom. The minimum absolute atomic E-state index is 0.0614. The molecule has 0 saturated carbocycles. The molecule has 4 rings (SSSR count). The number of hydrogen-bond donors (Lipinski definition) is 0. The van der Waals surface area contributed by atoms with E-state index in [1.807, 2.05) is 89.8 Å². The van der Waals surface area contributed by atoms with Gasteiger partial charge in [0.15, 0.2) is 6.61 Å². The zero-order chi connectivity index (χ0) is 22.9. The fourth-order valence-corrected chi connectivity index (χ4v) is 3.72. The number of para-hydroxylation sites is 1. The first-order chi connectivity index (χ1) is 16.2. The summed E-state index contributed by atoms with van der Waals surface area (Å²) in [7, 11) is 0. The average Bonchev–Trinajstić information content (AvgIpc) is 2.88. The molecule has 1 saturated heterocycles. The highest BCUT2D eigenvalue weighted by Crippen LogP contribution is 2.20. The maximum Gasteiger partial charge on any atom is 0.265 e. The Bertz CT molecular complexity index is 1030. The van der Waals surface area contributed by atoms with E-state index in [1.54, 1.807) is 4.90 Å². The molecule has 1 aliphatic heterocycles. The predicted molar refractivity (Wildman–Crippen MR) is 127 cm³/mol. The van der Waals surface area contributed by atoms with Gasteiger partial charge in [-0.1, -0.05) is 60.7 Å². The maximum absolute atomic E-state index is 13.1. The zero-order valence-electron chi connectivity index (χ0n) is 18.6. The molecule has 0 N–H and O–H groups in total. The quantitative estimate of drug-likeness (QED) is 0.532. The third kappa shape index (κ3) is 6.43. The van der Waals surface area contributed by atoms with Crippen molar-refractivity contribution in [3.8, 4) is 5.75 Å². The molecule has 0 radical (unpaired) electrons. The first-order valence-electron chi connectivity index (χ1n) is 11.2. The van der Waals surface area contributed by atoms with Gasteiger partial charge in [-0.15, -0.1) is 0 Å². The fourth-order valence-electron chi connectivity index (χ4n) is 3.72. The van der Waals surface area contributed by atoms with Crippen molar-refractivity contribution >= 4 is 17.5 Å². The lowest BCUT2D eigenvalue weighted by Gasteiger charge is -2.27. The van der Waals surface area contributed by atoms with Crippen LogP contribution in [-0.2, 0) is 27.3 Å². The van der Waals surface area contributed by atoms with Gasteiger partial charge in [0.05, 0.1) is 26.2 Å². The van der Waals surface area contributed by atoms with Gasteiger partial charge in [-0.2, -0.15) is 0 Å². The average molecular weight is 445 g/mol. The normalized spacial score (nSPS) is 13.4. The number of rotatable bonds is 8. The third-order valence-electron chi connectivity index (χ3n) is 5.56. The monoisotopic (exact) mass is 444 g/mol. The first-order valence-corrected chi connectivity index (χ1v) is 11.2. The summed E-state index contributed by atoms with van der Waals surface area (Å²) in [6, 6.07) is 26.8. The van der Waals surface area contributed by atoms with Crippen LogP contribution >= 0.6 is 0 Å². The molecule has 3 aromatic rings. The minimum atomic E-state index is -0.139. The number of carbonyl (C=O) groups is 2. The van der Waals surface area contributed by atoms with Gasteiger partial charge in [0, 0.05) is 18.8 Å². The van der Waals surface area contributed by atoms with Crippen molar-refractivity contribution in [2.24, 2.45) is 0 Å². The van der Waals surface area contributed by atoms with Gasteiger partial charge in [0.25, 0.3) is 5.91 Å². The Morgan fingerprint density at radius 3 is 2.12 bits per heavy atom. The zero-order valence-corrected chi connectivity index (χ0v) is 18.6. The van der Waals surface area contributed by atoms with Gasteiger partial charge in [-0.25, -0.2) is 0 Å². The van der Waals surface area contributed by atoms with Gasteiger partial charge < -0.3 is 19.3 Å². The van der Waals surface area contributed by atoms with E-state index >= 15 is 0 Å². The van der Waals surface area contributed by atoms with Crippen LogP contribution in [-0.4, -0.2) is 49.6 Å². The summed E-state index contributed by atoms with van der Waals surface area (Å²) in [5.41, 5.74) is 2.71. The first kappa shape index (κ1) is 22.6. The van der Waals surface area contributed by atoms with Crippen LogP contribution in [0.2, 0.25) is 0 Å². The van der Waals surface area contributed by atoms with Gasteiger partial charge >= 0.3 is 0 Å². The van der Waals surface area contributed by atoms with E-state index in [0.29, 0.717) is 45.0 Å². The van der Waals surface area contributed by atoms with E-state index in [0.717, 1.165) is 16.8 Å². The Balaban J connectivity index is 1.45. The Morgan fingerprint density at radius 1 is 0.818 bits per heavy atom. The molecule has 1 fully saturated rings. The molecule has 1 aliphatic rings. The molecule has 170 valence electrons. The molecular formula is C27H28N2O4. The number of anilines is 1. The van der Waals surface area contributed by atoms with Gasteiger partial charge in [0.1, 0.15) is 5.75 Å². The van der Waals surface area contributed by atoms with Crippen molar-refractivity contribution in [2.45, 2.75) is 13.0 Å². The second-order valence-corrected chi connectivity index (χ2v) is 7.90. The van der Waals surface area contributed by atoms with Crippen LogP contribution in [0.3, 0.4) is 0 Å². The van der Waals surface area contributed by atoms with E-state index in [2.05, 4.69) is 0 Å². The fraction of sp³-hybridized carbons (Fsp3) is 0.259. The van der Waals surface area contributed by atoms with Crippen LogP contribution in [0.1, 0.15) is 11.1 Å². The molecule has 6 heteroatoms. The van der Waals surface area contributed by atoms with E-state index < -0.39 is 0 Å². The lowest BCUT2D eigenvalue weighted by molar-refractivity contribution is -0.134. The van der Waals surface area contributed by atoms with E-state index in [4.69, 9.17) is 9.47 Å². The highest BCUT2D eigenvalue weighted by Gasteiger charge is 2.19. The van der Waals surface area contributed by atoms with Crippen molar-refractivity contribution in [3.05, 3.63) is 96.1 Å². The van der Waals surface area contributed by atoms with Crippen LogP contribution < -0.4 is 9.64 Å². The highest BCUT2D eigenvalue weighted by atomic mass is 16.5. The molecule has 3 aromatic carbocycles. The predicted octanol–water partition coefficient (Wildman–Crippen LogP) is 3.70. The van der Waals surface area contributed by atoms with Crippen molar-refractivity contribution < 1.29 is 19.1 Å². The number of benzene rings is 3. The molecule has 0 spiro atoms. The van der Waals surface area contributed by atoms with E-state index in [1.165, 1.54) is 0 Å². The van der Waals surface area contributed by atoms with Crippen molar-refractivity contribution in [1.82, 2.24) is 4.90 Å². The number of amides is 2. The number of hydrogen-bond acceptors (Lipinski definition) is 4. The maximum atomic E-state index is 13.1. The van der Waals surface area contributed by atoms with Crippen molar-refractivity contribution in [1.29, 1.82) is 0 Å². The standard InChI is InChI=1S/C27H28N2O4/c30-26(28-15-17-32-18-16-28)19-22-11-13-24(14-12-22)29(20-23-7-3-1-4-8-23)27(31)21-33-25-9-5-2-6-10-25/h1-14H,15-21H2. The second kappa shape index (κ2) is 11.3. The van der Waals surface area contributed by atoms with Crippen LogP contribution in [0.15, 0.2) is 84.9 Å². The number of carbonyl (C=O) groups excluding carboxylic acids is 2. The Kier molecular flexibility index (Phi) is 7.72. The van der Waals surface area contributed by atoms with Crippen LogP contribution in [0, 0.1) is 0 Å². The molecule has 0 bridgehead atoms. The molecule has 0 aromatic heterocycles. The summed E-state index contributed by atoms with van der Waals surface area (Å²) >= 11 is 0. The molecule has 2 amide bonds. The summed E-state index contributed by atoms with van der Waals surface area (Å²) in [5, 5.41) is 0. The van der Waals surface area contributed by atoms with Crippen LogP contribution in [0.25, 0.3) is 0 Å². The molecule has 33 heavy (non-hydrogen) atoms. The third-order valence-corrected chi connectivity index (χ3v) is 5.56. The molecule has 0 unspecified atom stereocenters. The van der Waals surface area contributed by atoms with Crippen LogP contribution in [0.4, 0.5) is 5.69 Å². The topological polar surface area (TPSA) is 59.1 Å². The summed E-state index contributed by atoms with van der Waals surface area (Å²) in [5.74, 6) is 0.613. The van der Waals surface area contributed by atoms with E-state index in [9.17, 15) is 9.59 Å². The SMILES string of the molecule is O=C(Cc1ccc(N(Cc2ccccc2)C(=O)COc2ccccc2)cc1)N1CCOCC1. The second-order valence-electron chi connectivity index (χ2n) is 7.90. The lowest BCUT2D eigenvalue weighted by Crippen LogP contribution is -2.41. The largest absolute Gasteiger partial charge is 0.484 e. The number of morpholine rings is 1. The van der Waals surface area contributed by atoms with Crippen molar-refractivity contribution in [2.75, 3.05) is 37.8 Å². The molecule has 6 nitrogen and oxygen atoms in total. The van der Waals surface area contributed by atoms with Crippen molar-refractivity contribution in [3.63, 3.8) is 0 Å². The minimum Gasteiger partial charge on any atom is -0.484 e. The van der Waals surface area contributed by atoms with Gasteiger partial charge in [-0.05, 0) is 35.4 Å². The highest BCUT2D eigenvalue weighted by molar-refractivity contribution is 5.94. The number of nitrogens with zero attached hydrogens (tertiary/aromatic N) is 2. The summed E-state index contributed by atoms with van der Waals surface area (Å²) in [4.78, 5) is 29.2. The van der Waals surface area contributed by atoms with Crippen LogP contribution in [0.5, 0.6) is 5.75 Å². The Labute approximate surface area is 194 Å². The van der Waals surface area contributed by atoms with Gasteiger partial charge in [-0.3, -0.25) is 9.59 Å². The summed E-state index contributed by atoms with van der Waals surface area (Å²) < 4.78 is 11.0.